The first-order valence-electron chi connectivity index (χ1n) is 10.3. The third-order valence-electron chi connectivity index (χ3n) is 5.86. The molecule has 2 fully saturated rings. The molecule has 0 bridgehead atoms. The largest absolute Gasteiger partial charge is 0.490 e. The Morgan fingerprint density at radius 1 is 1.24 bits per heavy atom. The van der Waals surface area contributed by atoms with E-state index in [9.17, 15) is 22.4 Å². The number of carbonyl (C=O) groups is 2. The van der Waals surface area contributed by atoms with Crippen LogP contribution >= 0.6 is 0 Å². The van der Waals surface area contributed by atoms with Gasteiger partial charge in [0.05, 0.1) is 30.1 Å². The van der Waals surface area contributed by atoms with Crippen molar-refractivity contribution in [3.8, 4) is 5.88 Å². The monoisotopic (exact) mass is 485 g/mol. The predicted octanol–water partition coefficient (Wildman–Crippen LogP) is 2.26. The van der Waals surface area contributed by atoms with Gasteiger partial charge in [0.1, 0.15) is 0 Å². The summed E-state index contributed by atoms with van der Waals surface area (Å²) in [4.78, 5) is 29.6. The molecule has 1 N–H and O–H groups in total. The number of carboxylic acid groups (broad SMARTS) is 1. The van der Waals surface area contributed by atoms with Gasteiger partial charge in [0.15, 0.2) is 5.82 Å². The van der Waals surface area contributed by atoms with Crippen LogP contribution in [0.25, 0.3) is 0 Å². The number of amides is 1. The minimum absolute atomic E-state index is 0.0159. The van der Waals surface area contributed by atoms with E-state index in [2.05, 4.69) is 27.1 Å². The van der Waals surface area contributed by atoms with Gasteiger partial charge in [-0.05, 0) is 50.6 Å². The van der Waals surface area contributed by atoms with Crippen LogP contribution in [-0.4, -0.2) is 87.0 Å². The third kappa shape index (κ3) is 5.95. The smallest absolute Gasteiger partial charge is 0.475 e. The average Bonchev–Trinajstić information content (AvgIpc) is 2.78. The lowest BCUT2D eigenvalue weighted by Crippen LogP contribution is -2.72. The summed E-state index contributed by atoms with van der Waals surface area (Å²) in [5.74, 6) is -2.85. The Balaban J connectivity index is 0.000000406. The lowest BCUT2D eigenvalue weighted by Gasteiger charge is -2.58. The van der Waals surface area contributed by atoms with Crippen LogP contribution in [0.2, 0.25) is 0 Å². The standard InChI is InChI=1S/C19H22FN5O2.C2HF3O2/c1-24-8-5-14(11-27-17-16(20)3-2-6-21-17)9-19(24)12-25(13-19)18(26)15-4-7-22-23-10-15;3-2(4,5)1(6)7/h2-4,6-7,10,14H,5,8-9,11-13H2,1H3;(H,6,7). The molecule has 4 heterocycles. The summed E-state index contributed by atoms with van der Waals surface area (Å²) < 4.78 is 51.0. The summed E-state index contributed by atoms with van der Waals surface area (Å²) in [5, 5.41) is 14.6. The maximum Gasteiger partial charge on any atom is 0.490 e. The summed E-state index contributed by atoms with van der Waals surface area (Å²) in [7, 11) is 2.10. The van der Waals surface area contributed by atoms with Crippen molar-refractivity contribution in [2.45, 2.75) is 24.6 Å². The van der Waals surface area contributed by atoms with Crippen molar-refractivity contribution in [3.05, 3.63) is 48.2 Å². The first-order chi connectivity index (χ1) is 16.0. The Labute approximate surface area is 192 Å². The van der Waals surface area contributed by atoms with Gasteiger partial charge in [-0.25, -0.2) is 14.2 Å². The molecule has 0 aromatic carbocycles. The number of piperidine rings is 1. The molecular weight excluding hydrogens is 462 g/mol. The fraction of sp³-hybridized carbons (Fsp3) is 0.476. The number of pyridine rings is 1. The Morgan fingerprint density at radius 2 is 1.94 bits per heavy atom. The second kappa shape index (κ2) is 10.3. The zero-order valence-electron chi connectivity index (χ0n) is 18.2. The van der Waals surface area contributed by atoms with Crippen molar-refractivity contribution in [3.63, 3.8) is 0 Å². The van der Waals surface area contributed by atoms with Crippen molar-refractivity contribution in [1.29, 1.82) is 0 Å². The SMILES string of the molecule is CN1CCC(COc2ncccc2F)CC12CN(C(=O)c1ccnnc1)C2.O=C(O)C(F)(F)F. The third-order valence-corrected chi connectivity index (χ3v) is 5.86. The van der Waals surface area contributed by atoms with Crippen molar-refractivity contribution in [2.75, 3.05) is 33.3 Å². The van der Waals surface area contributed by atoms with Crippen LogP contribution in [-0.2, 0) is 4.79 Å². The second-order valence-electron chi connectivity index (χ2n) is 8.20. The minimum Gasteiger partial charge on any atom is -0.475 e. The van der Waals surface area contributed by atoms with Crippen molar-refractivity contribution >= 4 is 11.9 Å². The lowest BCUT2D eigenvalue weighted by atomic mass is 9.75. The van der Waals surface area contributed by atoms with Gasteiger partial charge in [0.2, 0.25) is 5.88 Å². The summed E-state index contributed by atoms with van der Waals surface area (Å²) in [6.45, 7) is 2.72. The van der Waals surface area contributed by atoms with Crippen molar-refractivity contribution in [2.24, 2.45) is 5.92 Å². The van der Waals surface area contributed by atoms with E-state index in [1.807, 2.05) is 4.90 Å². The van der Waals surface area contributed by atoms with Gasteiger partial charge in [0.25, 0.3) is 5.91 Å². The number of carboxylic acids is 1. The molecule has 1 spiro atoms. The number of nitrogens with zero attached hydrogens (tertiary/aromatic N) is 5. The van der Waals surface area contributed by atoms with Crippen LogP contribution in [0.1, 0.15) is 23.2 Å². The Bertz CT molecular complexity index is 1000. The molecule has 13 heteroatoms. The van der Waals surface area contributed by atoms with E-state index in [1.165, 1.54) is 24.7 Å². The molecule has 0 radical (unpaired) electrons. The minimum atomic E-state index is -5.08. The van der Waals surface area contributed by atoms with Crippen molar-refractivity contribution < 1.29 is 37.0 Å². The average molecular weight is 485 g/mol. The number of aliphatic carboxylic acids is 1. The fourth-order valence-corrected chi connectivity index (χ4v) is 4.00. The van der Waals surface area contributed by atoms with Crippen LogP contribution < -0.4 is 4.74 Å². The Hall–Kier alpha value is -3.35. The molecule has 2 aromatic rings. The highest BCUT2D eigenvalue weighted by atomic mass is 19.4. The number of carbonyl (C=O) groups excluding carboxylic acids is 1. The van der Waals surface area contributed by atoms with Crippen LogP contribution in [0.3, 0.4) is 0 Å². The number of aromatic nitrogens is 3. The van der Waals surface area contributed by atoms with E-state index >= 15 is 0 Å². The molecule has 0 saturated carbocycles. The number of hydrogen-bond acceptors (Lipinski definition) is 7. The molecule has 34 heavy (non-hydrogen) atoms. The summed E-state index contributed by atoms with van der Waals surface area (Å²) in [6, 6.07) is 4.58. The molecule has 1 unspecified atom stereocenters. The summed E-state index contributed by atoms with van der Waals surface area (Å²) in [6.07, 6.45) is 1.36. The van der Waals surface area contributed by atoms with Gasteiger partial charge in [-0.2, -0.15) is 23.4 Å². The molecule has 1 amide bonds. The van der Waals surface area contributed by atoms with Gasteiger partial charge in [0, 0.05) is 19.3 Å². The van der Waals surface area contributed by atoms with E-state index in [-0.39, 0.29) is 17.3 Å². The van der Waals surface area contributed by atoms with Gasteiger partial charge in [-0.1, -0.05) is 0 Å². The van der Waals surface area contributed by atoms with Crippen LogP contribution in [0.15, 0.2) is 36.8 Å². The molecule has 1 atom stereocenters. The maximum absolute atomic E-state index is 13.7. The lowest BCUT2D eigenvalue weighted by molar-refractivity contribution is -0.192. The van der Waals surface area contributed by atoms with Crippen LogP contribution in [0.4, 0.5) is 17.6 Å². The van der Waals surface area contributed by atoms with Crippen LogP contribution in [0.5, 0.6) is 5.88 Å². The molecular formula is C21H23F4N5O4. The fourth-order valence-electron chi connectivity index (χ4n) is 4.00. The van der Waals surface area contributed by atoms with Gasteiger partial charge in [-0.15, -0.1) is 0 Å². The number of likely N-dealkylation sites (N-methyl/N-ethyl adjacent to an activating group) is 1. The molecule has 2 aromatic heterocycles. The van der Waals surface area contributed by atoms with Gasteiger partial charge < -0.3 is 14.7 Å². The van der Waals surface area contributed by atoms with Gasteiger partial charge in [-0.3, -0.25) is 9.69 Å². The second-order valence-corrected chi connectivity index (χ2v) is 8.20. The zero-order valence-corrected chi connectivity index (χ0v) is 18.2. The number of hydrogen-bond donors (Lipinski definition) is 1. The van der Waals surface area contributed by atoms with E-state index in [1.54, 1.807) is 12.1 Å². The molecule has 2 aliphatic rings. The molecule has 9 nitrogen and oxygen atoms in total. The van der Waals surface area contributed by atoms with E-state index in [0.717, 1.165) is 19.4 Å². The maximum atomic E-state index is 13.7. The molecule has 2 saturated heterocycles. The normalized spacial score (nSPS) is 19.6. The molecule has 0 aliphatic carbocycles. The Morgan fingerprint density at radius 3 is 2.53 bits per heavy atom. The highest BCUT2D eigenvalue weighted by Crippen LogP contribution is 2.39. The van der Waals surface area contributed by atoms with Crippen molar-refractivity contribution in [1.82, 2.24) is 25.0 Å². The topological polar surface area (TPSA) is 109 Å². The molecule has 4 rings (SSSR count). The van der Waals surface area contributed by atoms with E-state index in [4.69, 9.17) is 14.6 Å². The first kappa shape index (κ1) is 25.3. The zero-order chi connectivity index (χ0) is 24.9. The summed E-state index contributed by atoms with van der Waals surface area (Å²) in [5.41, 5.74) is 0.522. The highest BCUT2D eigenvalue weighted by Gasteiger charge is 2.51. The Kier molecular flexibility index (Phi) is 7.64. The number of alkyl halides is 3. The highest BCUT2D eigenvalue weighted by molar-refractivity contribution is 5.94. The quantitative estimate of drug-likeness (QED) is 0.657. The number of likely N-dealkylation sites (tertiary alicyclic amines) is 2. The van der Waals surface area contributed by atoms with Crippen LogP contribution in [0, 0.1) is 11.7 Å². The number of rotatable bonds is 4. The molecule has 2 aliphatic heterocycles. The van der Waals surface area contributed by atoms with E-state index in [0.29, 0.717) is 31.2 Å². The summed E-state index contributed by atoms with van der Waals surface area (Å²) >= 11 is 0. The first-order valence-corrected chi connectivity index (χ1v) is 10.3. The van der Waals surface area contributed by atoms with E-state index < -0.39 is 18.0 Å². The predicted molar refractivity (Wildman–Crippen MR) is 109 cm³/mol. The number of halogens is 4. The molecule has 184 valence electrons. The van der Waals surface area contributed by atoms with Gasteiger partial charge >= 0.3 is 12.1 Å². The number of ether oxygens (including phenoxy) is 1.